The Bertz CT molecular complexity index is 781. The average molecular weight is 341 g/mol. The van der Waals surface area contributed by atoms with Crippen LogP contribution in [0.4, 0.5) is 5.69 Å². The van der Waals surface area contributed by atoms with Gasteiger partial charge in [-0.25, -0.2) is 9.59 Å². The summed E-state index contributed by atoms with van der Waals surface area (Å²) in [6, 6.07) is 10.9. The molecule has 0 saturated carbocycles. The molecule has 2 rings (SSSR count). The molecule has 0 aliphatic heterocycles. The largest absolute Gasteiger partial charge is 0.508 e. The highest BCUT2D eigenvalue weighted by atomic mass is 16.5. The zero-order valence-electron chi connectivity index (χ0n) is 14.1. The van der Waals surface area contributed by atoms with Crippen molar-refractivity contribution in [3.05, 3.63) is 59.2 Å². The molecule has 0 heterocycles. The predicted molar refractivity (Wildman–Crippen MR) is 93.7 cm³/mol. The normalized spacial score (nSPS) is 10.6. The van der Waals surface area contributed by atoms with Gasteiger partial charge >= 0.3 is 11.9 Å². The van der Waals surface area contributed by atoms with Gasteiger partial charge in [0, 0.05) is 11.8 Å². The summed E-state index contributed by atoms with van der Waals surface area (Å²) < 4.78 is 10.00. The highest BCUT2D eigenvalue weighted by Gasteiger charge is 2.16. The molecule has 6 heteroatoms. The molecule has 0 saturated heterocycles. The standard InChI is InChI=1S/C19H19NO5/c1-3-24-18(22)13-5-6-14(17(11-13)19(23)25-4-2)12-20-15-7-9-16(21)10-8-15/h5-12,21H,3-4H2,1-2H3/b20-12+. The van der Waals surface area contributed by atoms with E-state index in [0.717, 1.165) is 0 Å². The van der Waals surface area contributed by atoms with Gasteiger partial charge in [0.1, 0.15) is 5.75 Å². The summed E-state index contributed by atoms with van der Waals surface area (Å²) in [6.07, 6.45) is 1.51. The number of ether oxygens (including phenoxy) is 2. The molecule has 0 amide bonds. The summed E-state index contributed by atoms with van der Waals surface area (Å²) in [6.45, 7) is 3.88. The van der Waals surface area contributed by atoms with Crippen LogP contribution in [-0.2, 0) is 9.47 Å². The molecule has 0 bridgehead atoms. The molecule has 1 N–H and O–H groups in total. The van der Waals surface area contributed by atoms with Gasteiger partial charge in [-0.1, -0.05) is 6.07 Å². The molecule has 25 heavy (non-hydrogen) atoms. The Balaban J connectivity index is 2.36. The predicted octanol–water partition coefficient (Wildman–Crippen LogP) is 3.50. The van der Waals surface area contributed by atoms with Gasteiger partial charge in [-0.2, -0.15) is 0 Å². The first-order valence-corrected chi connectivity index (χ1v) is 7.86. The Morgan fingerprint density at radius 2 is 1.64 bits per heavy atom. The van der Waals surface area contributed by atoms with Gasteiger partial charge in [-0.3, -0.25) is 4.99 Å². The van der Waals surface area contributed by atoms with Crippen LogP contribution in [-0.4, -0.2) is 36.5 Å². The Kier molecular flexibility index (Phi) is 6.28. The summed E-state index contributed by atoms with van der Waals surface area (Å²) in [5.74, 6) is -0.902. The summed E-state index contributed by atoms with van der Waals surface area (Å²) >= 11 is 0. The van der Waals surface area contributed by atoms with E-state index in [2.05, 4.69) is 4.99 Å². The van der Waals surface area contributed by atoms with Crippen molar-refractivity contribution in [3.8, 4) is 5.75 Å². The monoisotopic (exact) mass is 341 g/mol. The third-order valence-corrected chi connectivity index (χ3v) is 3.26. The fraction of sp³-hybridized carbons (Fsp3) is 0.211. The molecular formula is C19H19NO5. The van der Waals surface area contributed by atoms with Crippen molar-refractivity contribution in [2.45, 2.75) is 13.8 Å². The van der Waals surface area contributed by atoms with Crippen LogP contribution in [0.25, 0.3) is 0 Å². The third kappa shape index (κ3) is 4.91. The number of carbonyl (C=O) groups excluding carboxylic acids is 2. The van der Waals surface area contributed by atoms with E-state index in [-0.39, 0.29) is 30.1 Å². The first-order chi connectivity index (χ1) is 12.0. The third-order valence-electron chi connectivity index (χ3n) is 3.26. The van der Waals surface area contributed by atoms with Crippen molar-refractivity contribution in [3.63, 3.8) is 0 Å². The van der Waals surface area contributed by atoms with Crippen molar-refractivity contribution in [1.82, 2.24) is 0 Å². The molecule has 0 atom stereocenters. The SMILES string of the molecule is CCOC(=O)c1ccc(/C=N/c2ccc(O)cc2)c(C(=O)OCC)c1. The Morgan fingerprint density at radius 1 is 1.00 bits per heavy atom. The van der Waals surface area contributed by atoms with Crippen LogP contribution in [0.1, 0.15) is 40.1 Å². The fourth-order valence-electron chi connectivity index (χ4n) is 2.08. The molecule has 0 aliphatic rings. The van der Waals surface area contributed by atoms with Crippen LogP contribution in [0, 0.1) is 0 Å². The summed E-state index contributed by atoms with van der Waals surface area (Å²) in [5, 5.41) is 9.29. The molecule has 130 valence electrons. The molecule has 0 fully saturated rings. The molecule has 0 unspecified atom stereocenters. The van der Waals surface area contributed by atoms with Crippen molar-refractivity contribution in [1.29, 1.82) is 0 Å². The van der Waals surface area contributed by atoms with E-state index >= 15 is 0 Å². The van der Waals surface area contributed by atoms with Gasteiger partial charge in [-0.05, 0) is 50.2 Å². The number of esters is 2. The quantitative estimate of drug-likeness (QED) is 0.642. The van der Waals surface area contributed by atoms with Crippen LogP contribution in [0.15, 0.2) is 47.5 Å². The first kappa shape index (κ1) is 18.2. The van der Waals surface area contributed by atoms with Crippen LogP contribution in [0.2, 0.25) is 0 Å². The van der Waals surface area contributed by atoms with E-state index in [9.17, 15) is 14.7 Å². The molecule has 0 aromatic heterocycles. The lowest BCUT2D eigenvalue weighted by molar-refractivity contribution is 0.0525. The lowest BCUT2D eigenvalue weighted by Gasteiger charge is -2.08. The molecular weight excluding hydrogens is 322 g/mol. The Hall–Kier alpha value is -3.15. The topological polar surface area (TPSA) is 85.2 Å². The van der Waals surface area contributed by atoms with Crippen molar-refractivity contribution < 1.29 is 24.2 Å². The lowest BCUT2D eigenvalue weighted by Crippen LogP contribution is -2.11. The minimum atomic E-state index is -0.541. The number of hydrogen-bond donors (Lipinski definition) is 1. The van der Waals surface area contributed by atoms with E-state index in [0.29, 0.717) is 11.3 Å². The van der Waals surface area contributed by atoms with E-state index in [4.69, 9.17) is 9.47 Å². The van der Waals surface area contributed by atoms with Gasteiger partial charge in [0.2, 0.25) is 0 Å². The molecule has 0 spiro atoms. The fourth-order valence-corrected chi connectivity index (χ4v) is 2.08. The van der Waals surface area contributed by atoms with Crippen LogP contribution in [0.3, 0.4) is 0 Å². The minimum absolute atomic E-state index is 0.143. The second-order valence-corrected chi connectivity index (χ2v) is 5.02. The second kappa shape index (κ2) is 8.63. The van der Waals surface area contributed by atoms with Crippen LogP contribution < -0.4 is 0 Å². The maximum atomic E-state index is 12.2. The number of phenols is 1. The second-order valence-electron chi connectivity index (χ2n) is 5.02. The number of benzene rings is 2. The van der Waals surface area contributed by atoms with Crippen molar-refractivity contribution >= 4 is 23.8 Å². The molecule has 2 aromatic carbocycles. The van der Waals surface area contributed by atoms with Crippen LogP contribution >= 0.6 is 0 Å². The average Bonchev–Trinajstić information content (AvgIpc) is 2.61. The van der Waals surface area contributed by atoms with Gasteiger partial charge < -0.3 is 14.6 Å². The van der Waals surface area contributed by atoms with Gasteiger partial charge in [0.05, 0.1) is 30.0 Å². The smallest absolute Gasteiger partial charge is 0.338 e. The van der Waals surface area contributed by atoms with E-state index in [1.165, 1.54) is 24.4 Å². The Labute approximate surface area is 145 Å². The number of phenolic OH excluding ortho intramolecular Hbond substituents is 1. The molecule has 0 aliphatic carbocycles. The number of carbonyl (C=O) groups is 2. The zero-order chi connectivity index (χ0) is 18.2. The van der Waals surface area contributed by atoms with Gasteiger partial charge in [0.15, 0.2) is 0 Å². The van der Waals surface area contributed by atoms with E-state index in [1.54, 1.807) is 38.1 Å². The molecule has 2 aromatic rings. The number of rotatable bonds is 6. The van der Waals surface area contributed by atoms with Gasteiger partial charge in [0.25, 0.3) is 0 Å². The lowest BCUT2D eigenvalue weighted by atomic mass is 10.0. The summed E-state index contributed by atoms with van der Waals surface area (Å²) in [4.78, 5) is 28.3. The summed E-state index contributed by atoms with van der Waals surface area (Å²) in [7, 11) is 0. The van der Waals surface area contributed by atoms with Crippen molar-refractivity contribution in [2.75, 3.05) is 13.2 Å². The highest BCUT2D eigenvalue weighted by molar-refractivity contribution is 6.02. The number of nitrogens with zero attached hydrogens (tertiary/aromatic N) is 1. The highest BCUT2D eigenvalue weighted by Crippen LogP contribution is 2.18. The first-order valence-electron chi connectivity index (χ1n) is 7.86. The van der Waals surface area contributed by atoms with Gasteiger partial charge in [-0.15, -0.1) is 0 Å². The summed E-state index contributed by atoms with van der Waals surface area (Å²) in [5.41, 5.74) is 1.63. The van der Waals surface area contributed by atoms with Crippen molar-refractivity contribution in [2.24, 2.45) is 4.99 Å². The van der Waals surface area contributed by atoms with E-state index in [1.807, 2.05) is 0 Å². The number of hydrogen-bond acceptors (Lipinski definition) is 6. The number of aromatic hydroxyl groups is 1. The minimum Gasteiger partial charge on any atom is -0.508 e. The zero-order valence-corrected chi connectivity index (χ0v) is 14.1. The van der Waals surface area contributed by atoms with Crippen LogP contribution in [0.5, 0.6) is 5.75 Å². The molecule has 6 nitrogen and oxygen atoms in total. The Morgan fingerprint density at radius 3 is 2.28 bits per heavy atom. The maximum Gasteiger partial charge on any atom is 0.338 e. The number of aliphatic imine (C=N–C) groups is 1. The maximum absolute atomic E-state index is 12.2. The molecule has 0 radical (unpaired) electrons. The van der Waals surface area contributed by atoms with E-state index < -0.39 is 11.9 Å².